The Labute approximate surface area is 125 Å². The average Bonchev–Trinajstić information content (AvgIpc) is 2.48. The van der Waals surface area contributed by atoms with E-state index in [0.717, 1.165) is 18.7 Å². The summed E-state index contributed by atoms with van der Waals surface area (Å²) in [6.07, 6.45) is 3.97. The van der Waals surface area contributed by atoms with E-state index in [9.17, 15) is 8.78 Å². The second kappa shape index (κ2) is 8.29. The van der Waals surface area contributed by atoms with Gasteiger partial charge < -0.3 is 15.0 Å². The number of ether oxygens (including phenoxy) is 1. The lowest BCUT2D eigenvalue weighted by Gasteiger charge is -2.27. The molecule has 1 aliphatic rings. The zero-order chi connectivity index (χ0) is 15.1. The van der Waals surface area contributed by atoms with Gasteiger partial charge in [-0.1, -0.05) is 18.6 Å². The molecule has 1 unspecified atom stereocenters. The predicted molar refractivity (Wildman–Crippen MR) is 79.8 cm³/mol. The molecule has 1 aromatic carbocycles. The van der Waals surface area contributed by atoms with Crippen LogP contribution in [0.25, 0.3) is 0 Å². The highest BCUT2D eigenvalue weighted by Crippen LogP contribution is 2.19. The fourth-order valence-electron chi connectivity index (χ4n) is 2.68. The molecule has 1 fully saturated rings. The van der Waals surface area contributed by atoms with Crippen LogP contribution in [0.5, 0.6) is 5.75 Å². The number of benzene rings is 1. The average molecular weight is 298 g/mol. The number of halogens is 2. The van der Waals surface area contributed by atoms with Gasteiger partial charge in [-0.2, -0.15) is 8.78 Å². The second-order valence-electron chi connectivity index (χ2n) is 5.53. The van der Waals surface area contributed by atoms with Crippen molar-refractivity contribution in [1.29, 1.82) is 0 Å². The zero-order valence-corrected chi connectivity index (χ0v) is 12.5. The van der Waals surface area contributed by atoms with Gasteiger partial charge in [-0.3, -0.25) is 0 Å². The van der Waals surface area contributed by atoms with Crippen LogP contribution in [-0.2, 0) is 0 Å². The molecule has 1 N–H and O–H groups in total. The van der Waals surface area contributed by atoms with E-state index in [4.69, 9.17) is 0 Å². The van der Waals surface area contributed by atoms with Gasteiger partial charge in [0, 0.05) is 19.1 Å². The Bertz CT molecular complexity index is 405. The van der Waals surface area contributed by atoms with Gasteiger partial charge in [0.05, 0.1) is 0 Å². The lowest BCUT2D eigenvalue weighted by Crippen LogP contribution is -2.36. The summed E-state index contributed by atoms with van der Waals surface area (Å²) < 4.78 is 28.5. The number of nitrogens with one attached hydrogen (secondary N) is 1. The summed E-state index contributed by atoms with van der Waals surface area (Å²) in [5, 5.41) is 3.48. The summed E-state index contributed by atoms with van der Waals surface area (Å²) in [6, 6.07) is 7.04. The first-order valence-electron chi connectivity index (χ1n) is 7.65. The van der Waals surface area contributed by atoms with Crippen LogP contribution in [0.15, 0.2) is 24.3 Å². The summed E-state index contributed by atoms with van der Waals surface area (Å²) in [5.41, 5.74) is 1.08. The van der Waals surface area contributed by atoms with Gasteiger partial charge in [0.25, 0.3) is 0 Å². The highest BCUT2D eigenvalue weighted by molar-refractivity contribution is 5.28. The van der Waals surface area contributed by atoms with Crippen LogP contribution in [0.2, 0.25) is 0 Å². The molecular formula is C16H24F2N2O. The molecule has 1 heterocycles. The van der Waals surface area contributed by atoms with Gasteiger partial charge in [-0.05, 0) is 50.6 Å². The maximum atomic E-state index is 12.1. The normalized spacial score (nSPS) is 17.9. The number of hydrogen-bond donors (Lipinski definition) is 1. The first-order chi connectivity index (χ1) is 10.1. The molecule has 5 heteroatoms. The van der Waals surface area contributed by atoms with E-state index in [1.54, 1.807) is 12.1 Å². The summed E-state index contributed by atoms with van der Waals surface area (Å²) >= 11 is 0. The maximum Gasteiger partial charge on any atom is 0.387 e. The van der Waals surface area contributed by atoms with Crippen molar-refractivity contribution in [2.24, 2.45) is 0 Å². The molecule has 0 radical (unpaired) electrons. The molecular weight excluding hydrogens is 274 g/mol. The monoisotopic (exact) mass is 298 g/mol. The molecule has 3 nitrogen and oxygen atoms in total. The molecule has 1 aliphatic heterocycles. The van der Waals surface area contributed by atoms with Crippen molar-refractivity contribution in [3.8, 4) is 5.75 Å². The molecule has 1 saturated heterocycles. The third-order valence-electron chi connectivity index (χ3n) is 3.93. The largest absolute Gasteiger partial charge is 0.435 e. The minimum atomic E-state index is -2.77. The van der Waals surface area contributed by atoms with Gasteiger partial charge in [-0.25, -0.2) is 0 Å². The van der Waals surface area contributed by atoms with Gasteiger partial charge in [0.1, 0.15) is 5.75 Å². The Hall–Kier alpha value is -1.20. The Morgan fingerprint density at radius 3 is 2.43 bits per heavy atom. The number of nitrogens with zero attached hydrogens (tertiary/aromatic N) is 1. The second-order valence-corrected chi connectivity index (χ2v) is 5.53. The first-order valence-corrected chi connectivity index (χ1v) is 7.65. The van der Waals surface area contributed by atoms with Crippen molar-refractivity contribution in [2.75, 3.05) is 26.2 Å². The van der Waals surface area contributed by atoms with Crippen LogP contribution in [-0.4, -0.2) is 37.7 Å². The van der Waals surface area contributed by atoms with Crippen LogP contribution in [0, 0.1) is 0 Å². The van der Waals surface area contributed by atoms with Crippen molar-refractivity contribution >= 4 is 0 Å². The van der Waals surface area contributed by atoms with Crippen LogP contribution in [0.1, 0.15) is 37.8 Å². The molecule has 118 valence electrons. The highest BCUT2D eigenvalue weighted by Gasteiger charge is 2.11. The molecule has 0 saturated carbocycles. The number of alkyl halides is 2. The van der Waals surface area contributed by atoms with Gasteiger partial charge >= 0.3 is 6.61 Å². The van der Waals surface area contributed by atoms with E-state index in [1.807, 2.05) is 12.1 Å². The summed E-state index contributed by atoms with van der Waals surface area (Å²) in [6.45, 7) is 3.73. The van der Waals surface area contributed by atoms with E-state index in [-0.39, 0.29) is 11.8 Å². The molecule has 0 aliphatic carbocycles. The number of rotatable bonds is 7. The van der Waals surface area contributed by atoms with Crippen LogP contribution in [0.3, 0.4) is 0 Å². The lowest BCUT2D eigenvalue weighted by molar-refractivity contribution is -0.0498. The third-order valence-corrected chi connectivity index (χ3v) is 3.93. The third kappa shape index (κ3) is 5.59. The summed E-state index contributed by atoms with van der Waals surface area (Å²) in [7, 11) is 0. The van der Waals surface area contributed by atoms with Gasteiger partial charge in [-0.15, -0.1) is 0 Å². The Kier molecular flexibility index (Phi) is 6.39. The van der Waals surface area contributed by atoms with E-state index < -0.39 is 6.61 Å². The first kappa shape index (κ1) is 16.2. The zero-order valence-electron chi connectivity index (χ0n) is 12.5. The summed E-state index contributed by atoms with van der Waals surface area (Å²) in [5.74, 6) is 0.203. The van der Waals surface area contributed by atoms with E-state index >= 15 is 0 Å². The van der Waals surface area contributed by atoms with Crippen molar-refractivity contribution in [1.82, 2.24) is 10.2 Å². The van der Waals surface area contributed by atoms with Crippen molar-refractivity contribution < 1.29 is 13.5 Å². The summed E-state index contributed by atoms with van der Waals surface area (Å²) in [4.78, 5) is 2.49. The highest BCUT2D eigenvalue weighted by atomic mass is 19.3. The lowest BCUT2D eigenvalue weighted by atomic mass is 10.1. The molecule has 1 atom stereocenters. The quantitative estimate of drug-likeness (QED) is 0.834. The van der Waals surface area contributed by atoms with Gasteiger partial charge in [0.2, 0.25) is 0 Å². The van der Waals surface area contributed by atoms with Crippen molar-refractivity contribution in [2.45, 2.75) is 38.8 Å². The number of hydrogen-bond acceptors (Lipinski definition) is 3. The molecule has 0 amide bonds. The van der Waals surface area contributed by atoms with Gasteiger partial charge in [0.15, 0.2) is 0 Å². The Morgan fingerprint density at radius 2 is 1.81 bits per heavy atom. The van der Waals surface area contributed by atoms with Crippen LogP contribution >= 0.6 is 0 Å². The van der Waals surface area contributed by atoms with E-state index in [1.165, 1.54) is 32.4 Å². The number of likely N-dealkylation sites (tertiary alicyclic amines) is 1. The predicted octanol–water partition coefficient (Wildman–Crippen LogP) is 3.42. The van der Waals surface area contributed by atoms with Crippen molar-refractivity contribution in [3.63, 3.8) is 0 Å². The molecule has 21 heavy (non-hydrogen) atoms. The minimum Gasteiger partial charge on any atom is -0.435 e. The molecule has 0 bridgehead atoms. The Morgan fingerprint density at radius 1 is 1.14 bits per heavy atom. The fraction of sp³-hybridized carbons (Fsp3) is 0.625. The number of piperidine rings is 1. The minimum absolute atomic E-state index is 0.203. The molecule has 2 rings (SSSR count). The van der Waals surface area contributed by atoms with Crippen molar-refractivity contribution in [3.05, 3.63) is 29.8 Å². The van der Waals surface area contributed by atoms with Crippen LogP contribution in [0.4, 0.5) is 8.78 Å². The smallest absolute Gasteiger partial charge is 0.387 e. The molecule has 0 spiro atoms. The van der Waals surface area contributed by atoms with E-state index in [2.05, 4.69) is 21.9 Å². The molecule has 0 aromatic heterocycles. The SMILES string of the molecule is CC(NCCN1CCCCC1)c1ccc(OC(F)F)cc1. The van der Waals surface area contributed by atoms with Crippen LogP contribution < -0.4 is 10.1 Å². The standard InChI is InChI=1S/C16H24F2N2O/c1-13(19-9-12-20-10-3-2-4-11-20)14-5-7-15(8-6-14)21-16(17)18/h5-8,13,16,19H,2-4,9-12H2,1H3. The Balaban J connectivity index is 1.73. The maximum absolute atomic E-state index is 12.1. The topological polar surface area (TPSA) is 24.5 Å². The van der Waals surface area contributed by atoms with E-state index in [0.29, 0.717) is 0 Å². The molecule has 1 aromatic rings. The fourth-order valence-corrected chi connectivity index (χ4v) is 2.68.